The standard InChI is InChI=1S/C21H17F3N4O2/c22-14-9-13(10-15(23)19(14)24)28(21(25)30)18-3-1-2-16(20(18)29)27-12-5-4-11-6-7-26-17(11)8-12/h1-5,8-10,18,26-27H,6-7H2,(H2,25,30). The Labute approximate surface area is 169 Å². The Morgan fingerprint density at radius 2 is 1.90 bits per heavy atom. The van der Waals surface area contributed by atoms with E-state index in [-0.39, 0.29) is 11.4 Å². The number of Topliss-reactive ketones (excluding diaryl/α,β-unsaturated/α-hetero) is 1. The third-order valence-electron chi connectivity index (χ3n) is 4.95. The SMILES string of the molecule is NC(=O)N(c1cc(F)c(F)c(F)c1)C1C=CC=C(Nc2ccc3c(c2)NCC3)C1=O. The highest BCUT2D eigenvalue weighted by Crippen LogP contribution is 2.29. The van der Waals surface area contributed by atoms with Crippen LogP contribution in [-0.4, -0.2) is 24.4 Å². The first-order chi connectivity index (χ1) is 14.3. The molecule has 0 saturated heterocycles. The van der Waals surface area contributed by atoms with Crippen molar-refractivity contribution in [2.75, 3.05) is 22.1 Å². The zero-order valence-electron chi connectivity index (χ0n) is 15.6. The van der Waals surface area contributed by atoms with E-state index in [0.29, 0.717) is 22.7 Å². The van der Waals surface area contributed by atoms with Crippen molar-refractivity contribution in [3.05, 3.63) is 77.3 Å². The van der Waals surface area contributed by atoms with E-state index in [4.69, 9.17) is 5.73 Å². The molecule has 1 heterocycles. The van der Waals surface area contributed by atoms with Crippen LogP contribution in [-0.2, 0) is 11.2 Å². The highest BCUT2D eigenvalue weighted by Gasteiger charge is 2.32. The topological polar surface area (TPSA) is 87.5 Å². The minimum atomic E-state index is -1.68. The first kappa shape index (κ1) is 19.6. The molecule has 2 aliphatic rings. The monoisotopic (exact) mass is 414 g/mol. The summed E-state index contributed by atoms with van der Waals surface area (Å²) in [7, 11) is 0. The molecular formula is C21H17F3N4O2. The predicted octanol–water partition coefficient (Wildman–Crippen LogP) is 3.46. The number of carbonyl (C=O) groups is 2. The average Bonchev–Trinajstić information content (AvgIpc) is 3.16. The Bertz CT molecular complexity index is 1090. The third kappa shape index (κ3) is 3.49. The van der Waals surface area contributed by atoms with E-state index in [1.54, 1.807) is 0 Å². The van der Waals surface area contributed by atoms with Gasteiger partial charge in [-0.1, -0.05) is 18.2 Å². The van der Waals surface area contributed by atoms with E-state index in [1.165, 1.54) is 23.8 Å². The van der Waals surface area contributed by atoms with E-state index in [1.807, 2.05) is 18.2 Å². The second kappa shape index (κ2) is 7.58. The second-order valence-corrected chi connectivity index (χ2v) is 6.88. The lowest BCUT2D eigenvalue weighted by Crippen LogP contribution is -2.48. The molecule has 1 atom stereocenters. The van der Waals surface area contributed by atoms with Crippen molar-refractivity contribution < 1.29 is 22.8 Å². The average molecular weight is 414 g/mol. The second-order valence-electron chi connectivity index (χ2n) is 6.88. The molecule has 2 amide bonds. The van der Waals surface area contributed by atoms with Crippen LogP contribution < -0.4 is 21.3 Å². The van der Waals surface area contributed by atoms with E-state index in [2.05, 4.69) is 10.6 Å². The summed E-state index contributed by atoms with van der Waals surface area (Å²) in [6.45, 7) is 0.837. The Kier molecular flexibility index (Phi) is 4.94. The van der Waals surface area contributed by atoms with Gasteiger partial charge in [0.15, 0.2) is 17.5 Å². The number of hydrogen-bond donors (Lipinski definition) is 3. The van der Waals surface area contributed by atoms with Gasteiger partial charge < -0.3 is 16.4 Å². The van der Waals surface area contributed by atoms with E-state index in [9.17, 15) is 22.8 Å². The molecule has 0 bridgehead atoms. The minimum Gasteiger partial charge on any atom is -0.384 e. The number of benzene rings is 2. The van der Waals surface area contributed by atoms with Crippen LogP contribution in [0.3, 0.4) is 0 Å². The van der Waals surface area contributed by atoms with Gasteiger partial charge in [0.25, 0.3) is 0 Å². The largest absolute Gasteiger partial charge is 0.384 e. The molecule has 0 aromatic heterocycles. The van der Waals surface area contributed by atoms with Gasteiger partial charge in [-0.2, -0.15) is 0 Å². The van der Waals surface area contributed by atoms with Gasteiger partial charge in [-0.05, 0) is 30.2 Å². The summed E-state index contributed by atoms with van der Waals surface area (Å²) in [6, 6.07) is 4.48. The summed E-state index contributed by atoms with van der Waals surface area (Å²) in [6.07, 6.45) is 5.32. The van der Waals surface area contributed by atoms with Crippen LogP contribution in [0.1, 0.15) is 5.56 Å². The summed E-state index contributed by atoms with van der Waals surface area (Å²) in [5.41, 5.74) is 7.95. The van der Waals surface area contributed by atoms with Gasteiger partial charge in [-0.3, -0.25) is 9.69 Å². The van der Waals surface area contributed by atoms with Gasteiger partial charge in [-0.25, -0.2) is 18.0 Å². The summed E-state index contributed by atoms with van der Waals surface area (Å²) >= 11 is 0. The molecule has 4 rings (SSSR count). The number of amides is 2. The molecule has 4 N–H and O–H groups in total. The van der Waals surface area contributed by atoms with E-state index >= 15 is 0 Å². The number of nitrogens with one attached hydrogen (secondary N) is 2. The molecule has 2 aromatic carbocycles. The Morgan fingerprint density at radius 3 is 2.60 bits per heavy atom. The maximum absolute atomic E-state index is 13.7. The first-order valence-electron chi connectivity index (χ1n) is 9.15. The molecule has 0 fully saturated rings. The van der Waals surface area contributed by atoms with Crippen molar-refractivity contribution in [1.29, 1.82) is 0 Å². The molecule has 1 unspecified atom stereocenters. The van der Waals surface area contributed by atoms with Crippen LogP contribution in [0.25, 0.3) is 0 Å². The van der Waals surface area contributed by atoms with Crippen LogP contribution in [0.5, 0.6) is 0 Å². The maximum Gasteiger partial charge on any atom is 0.320 e. The minimum absolute atomic E-state index is 0.162. The summed E-state index contributed by atoms with van der Waals surface area (Å²) < 4.78 is 40.7. The van der Waals surface area contributed by atoms with Crippen molar-refractivity contribution >= 4 is 28.9 Å². The van der Waals surface area contributed by atoms with E-state index in [0.717, 1.165) is 18.7 Å². The van der Waals surface area contributed by atoms with Crippen molar-refractivity contribution in [2.24, 2.45) is 5.73 Å². The molecule has 154 valence electrons. The molecule has 0 radical (unpaired) electrons. The van der Waals surface area contributed by atoms with Gasteiger partial charge in [0.1, 0.15) is 6.04 Å². The van der Waals surface area contributed by atoms with Crippen LogP contribution in [0.15, 0.2) is 54.3 Å². The molecular weight excluding hydrogens is 397 g/mol. The number of primary amides is 1. The molecule has 9 heteroatoms. The van der Waals surface area contributed by atoms with Crippen LogP contribution in [0.2, 0.25) is 0 Å². The summed E-state index contributed by atoms with van der Waals surface area (Å²) in [5, 5.41) is 6.24. The highest BCUT2D eigenvalue weighted by atomic mass is 19.2. The van der Waals surface area contributed by atoms with Crippen LogP contribution in [0, 0.1) is 17.5 Å². The number of urea groups is 1. The number of fused-ring (bicyclic) bond motifs is 1. The number of halogens is 3. The van der Waals surface area contributed by atoms with Crippen molar-refractivity contribution in [3.8, 4) is 0 Å². The Balaban J connectivity index is 1.62. The van der Waals surface area contributed by atoms with Crippen molar-refractivity contribution in [2.45, 2.75) is 12.5 Å². The first-order valence-corrected chi connectivity index (χ1v) is 9.15. The number of allylic oxidation sites excluding steroid dienone is 2. The lowest BCUT2D eigenvalue weighted by molar-refractivity contribution is -0.115. The third-order valence-corrected chi connectivity index (χ3v) is 4.95. The van der Waals surface area contributed by atoms with Gasteiger partial charge >= 0.3 is 6.03 Å². The lowest BCUT2D eigenvalue weighted by atomic mass is 10.0. The summed E-state index contributed by atoms with van der Waals surface area (Å²) in [5.74, 6) is -5.22. The molecule has 1 aliphatic heterocycles. The molecule has 30 heavy (non-hydrogen) atoms. The normalized spacial score (nSPS) is 17.2. The fourth-order valence-corrected chi connectivity index (χ4v) is 3.52. The van der Waals surface area contributed by atoms with E-state index < -0.39 is 35.3 Å². The number of nitrogens with zero attached hydrogens (tertiary/aromatic N) is 1. The Hall–Kier alpha value is -3.75. The molecule has 6 nitrogen and oxygen atoms in total. The molecule has 0 saturated carbocycles. The van der Waals surface area contributed by atoms with Crippen LogP contribution in [0.4, 0.5) is 35.0 Å². The number of anilines is 3. The number of nitrogens with two attached hydrogens (primary N) is 1. The fraction of sp³-hybridized carbons (Fsp3) is 0.143. The fourth-order valence-electron chi connectivity index (χ4n) is 3.52. The molecule has 1 aliphatic carbocycles. The maximum atomic E-state index is 13.7. The zero-order chi connectivity index (χ0) is 21.4. The predicted molar refractivity (Wildman–Crippen MR) is 107 cm³/mol. The summed E-state index contributed by atoms with van der Waals surface area (Å²) in [4.78, 5) is 25.7. The number of hydrogen-bond acceptors (Lipinski definition) is 4. The van der Waals surface area contributed by atoms with Crippen molar-refractivity contribution in [1.82, 2.24) is 0 Å². The highest BCUT2D eigenvalue weighted by molar-refractivity contribution is 6.10. The quantitative estimate of drug-likeness (QED) is 0.669. The molecule has 2 aromatic rings. The molecule has 0 spiro atoms. The van der Waals surface area contributed by atoms with Gasteiger partial charge in [0.05, 0.1) is 11.4 Å². The Morgan fingerprint density at radius 1 is 1.17 bits per heavy atom. The lowest BCUT2D eigenvalue weighted by Gasteiger charge is -2.29. The number of ketones is 1. The van der Waals surface area contributed by atoms with Crippen LogP contribution >= 0.6 is 0 Å². The smallest absolute Gasteiger partial charge is 0.320 e. The number of rotatable bonds is 4. The van der Waals surface area contributed by atoms with Gasteiger partial charge in [0, 0.05) is 30.1 Å². The van der Waals surface area contributed by atoms with Gasteiger partial charge in [0.2, 0.25) is 5.78 Å². The van der Waals surface area contributed by atoms with Crippen molar-refractivity contribution in [3.63, 3.8) is 0 Å². The zero-order valence-corrected chi connectivity index (χ0v) is 15.6. The van der Waals surface area contributed by atoms with Gasteiger partial charge in [-0.15, -0.1) is 0 Å². The number of carbonyl (C=O) groups excluding carboxylic acids is 2.